The maximum absolute atomic E-state index is 12.6. The molecular weight excluding hydrogens is 308 g/mol. The highest BCUT2D eigenvalue weighted by atomic mass is 16.1. The van der Waals surface area contributed by atoms with Crippen molar-refractivity contribution in [3.8, 4) is 0 Å². The lowest BCUT2D eigenvalue weighted by molar-refractivity contribution is 0.0968. The molecule has 25 heavy (non-hydrogen) atoms. The minimum Gasteiger partial charge on any atom is -0.359 e. The summed E-state index contributed by atoms with van der Waals surface area (Å²) in [4.78, 5) is 17.1. The van der Waals surface area contributed by atoms with Gasteiger partial charge in [-0.25, -0.2) is 4.98 Å². The molecule has 1 aliphatic rings. The number of nitrogens with zero attached hydrogens (tertiary/aromatic N) is 1. The molecular formula is C22H20N2O. The lowest BCUT2D eigenvalue weighted by Gasteiger charge is -2.21. The maximum Gasteiger partial charge on any atom is 0.169 e. The maximum atomic E-state index is 12.6. The third kappa shape index (κ3) is 3.45. The molecule has 0 atom stereocenters. The molecule has 0 aliphatic heterocycles. The number of rotatable bonds is 6. The van der Waals surface area contributed by atoms with E-state index in [4.69, 9.17) is 0 Å². The van der Waals surface area contributed by atoms with Crippen molar-refractivity contribution >= 4 is 11.6 Å². The van der Waals surface area contributed by atoms with Crippen molar-refractivity contribution in [3.63, 3.8) is 0 Å². The van der Waals surface area contributed by atoms with Gasteiger partial charge in [-0.05, 0) is 36.1 Å². The van der Waals surface area contributed by atoms with E-state index in [0.29, 0.717) is 11.4 Å². The molecule has 2 aromatic carbocycles. The fourth-order valence-corrected chi connectivity index (χ4v) is 3.07. The van der Waals surface area contributed by atoms with E-state index in [1.54, 1.807) is 6.20 Å². The van der Waals surface area contributed by atoms with Gasteiger partial charge in [-0.2, -0.15) is 0 Å². The van der Waals surface area contributed by atoms with Crippen LogP contribution < -0.4 is 5.32 Å². The standard InChI is InChI=1S/C22H20N2O/c25-21(18-13-14-18)19-12-7-15-23-22(19)24-20(16-8-3-1-4-9-16)17-10-5-2-6-11-17/h1-12,15,18,20H,13-14H2,(H,23,24). The molecule has 1 heterocycles. The summed E-state index contributed by atoms with van der Waals surface area (Å²) in [6.45, 7) is 0. The molecule has 1 saturated carbocycles. The summed E-state index contributed by atoms with van der Waals surface area (Å²) < 4.78 is 0. The van der Waals surface area contributed by atoms with E-state index in [2.05, 4.69) is 34.6 Å². The van der Waals surface area contributed by atoms with Crippen LogP contribution in [0.25, 0.3) is 0 Å². The van der Waals surface area contributed by atoms with E-state index in [-0.39, 0.29) is 17.7 Å². The Kier molecular flexibility index (Phi) is 4.30. The summed E-state index contributed by atoms with van der Waals surface area (Å²) in [7, 11) is 0. The fraction of sp³-hybridized carbons (Fsp3) is 0.182. The molecule has 1 fully saturated rings. The van der Waals surface area contributed by atoms with Gasteiger partial charge in [0.1, 0.15) is 5.82 Å². The normalized spacial score (nSPS) is 13.6. The first-order valence-corrected chi connectivity index (χ1v) is 8.68. The van der Waals surface area contributed by atoms with Crippen molar-refractivity contribution in [1.82, 2.24) is 4.98 Å². The highest BCUT2D eigenvalue weighted by molar-refractivity contribution is 6.03. The summed E-state index contributed by atoms with van der Waals surface area (Å²) in [6.07, 6.45) is 3.72. The highest BCUT2D eigenvalue weighted by Gasteiger charge is 2.32. The Balaban J connectivity index is 1.71. The van der Waals surface area contributed by atoms with Gasteiger partial charge >= 0.3 is 0 Å². The van der Waals surface area contributed by atoms with Crippen molar-refractivity contribution in [2.24, 2.45) is 5.92 Å². The van der Waals surface area contributed by atoms with Crippen LogP contribution in [0.15, 0.2) is 79.0 Å². The second-order valence-electron chi connectivity index (χ2n) is 6.44. The molecule has 1 aromatic heterocycles. The quantitative estimate of drug-likeness (QED) is 0.656. The monoisotopic (exact) mass is 328 g/mol. The lowest BCUT2D eigenvalue weighted by Crippen LogP contribution is -2.16. The number of aromatic nitrogens is 1. The molecule has 0 bridgehead atoms. The van der Waals surface area contributed by atoms with Gasteiger partial charge in [-0.3, -0.25) is 4.79 Å². The zero-order valence-electron chi connectivity index (χ0n) is 13.9. The van der Waals surface area contributed by atoms with E-state index in [0.717, 1.165) is 24.0 Å². The number of hydrogen-bond donors (Lipinski definition) is 1. The van der Waals surface area contributed by atoms with E-state index in [1.807, 2.05) is 48.5 Å². The first-order chi connectivity index (χ1) is 12.3. The average molecular weight is 328 g/mol. The number of pyridine rings is 1. The molecule has 0 spiro atoms. The predicted octanol–water partition coefficient (Wildman–Crippen LogP) is 4.88. The molecule has 1 N–H and O–H groups in total. The fourth-order valence-electron chi connectivity index (χ4n) is 3.07. The van der Waals surface area contributed by atoms with E-state index < -0.39 is 0 Å². The molecule has 124 valence electrons. The van der Waals surface area contributed by atoms with Crippen LogP contribution >= 0.6 is 0 Å². The van der Waals surface area contributed by atoms with Crippen LogP contribution in [-0.4, -0.2) is 10.8 Å². The predicted molar refractivity (Wildman–Crippen MR) is 99.6 cm³/mol. The third-order valence-electron chi connectivity index (χ3n) is 4.57. The molecule has 3 heteroatoms. The van der Waals surface area contributed by atoms with Crippen molar-refractivity contribution in [3.05, 3.63) is 95.7 Å². The molecule has 0 radical (unpaired) electrons. The smallest absolute Gasteiger partial charge is 0.169 e. The highest BCUT2D eigenvalue weighted by Crippen LogP contribution is 2.35. The Hall–Kier alpha value is -2.94. The largest absolute Gasteiger partial charge is 0.359 e. The van der Waals surface area contributed by atoms with Gasteiger partial charge in [0.05, 0.1) is 11.6 Å². The average Bonchev–Trinajstić information content (AvgIpc) is 3.52. The lowest BCUT2D eigenvalue weighted by atomic mass is 9.98. The van der Waals surface area contributed by atoms with E-state index in [9.17, 15) is 4.79 Å². The number of nitrogens with one attached hydrogen (secondary N) is 1. The van der Waals surface area contributed by atoms with Crippen LogP contribution in [0.2, 0.25) is 0 Å². The van der Waals surface area contributed by atoms with Crippen molar-refractivity contribution in [1.29, 1.82) is 0 Å². The summed E-state index contributed by atoms with van der Waals surface area (Å²) in [5.41, 5.74) is 2.98. The number of anilines is 1. The van der Waals surface area contributed by atoms with Crippen LogP contribution in [0, 0.1) is 5.92 Å². The number of hydrogen-bond acceptors (Lipinski definition) is 3. The van der Waals surface area contributed by atoms with Crippen LogP contribution in [0.3, 0.4) is 0 Å². The molecule has 3 nitrogen and oxygen atoms in total. The van der Waals surface area contributed by atoms with Gasteiger partial charge in [-0.15, -0.1) is 0 Å². The Morgan fingerprint density at radius 2 is 1.48 bits per heavy atom. The molecule has 0 unspecified atom stereocenters. The Bertz CT molecular complexity index is 818. The van der Waals surface area contributed by atoms with Crippen LogP contribution in [0.1, 0.15) is 40.4 Å². The summed E-state index contributed by atoms with van der Waals surface area (Å²) in [5, 5.41) is 3.51. The minimum absolute atomic E-state index is 0.0527. The second kappa shape index (κ2) is 6.89. The minimum atomic E-state index is -0.0527. The van der Waals surface area contributed by atoms with Gasteiger partial charge in [0, 0.05) is 12.1 Å². The van der Waals surface area contributed by atoms with Crippen LogP contribution in [-0.2, 0) is 0 Å². The number of Topliss-reactive ketones (excluding diaryl/α,β-unsaturated/α-hetero) is 1. The SMILES string of the molecule is O=C(c1cccnc1NC(c1ccccc1)c1ccccc1)C1CC1. The van der Waals surface area contributed by atoms with Gasteiger partial charge in [0.2, 0.25) is 0 Å². The van der Waals surface area contributed by atoms with E-state index in [1.165, 1.54) is 0 Å². The molecule has 0 saturated heterocycles. The van der Waals surface area contributed by atoms with Gasteiger partial charge in [0.15, 0.2) is 5.78 Å². The van der Waals surface area contributed by atoms with Gasteiger partial charge < -0.3 is 5.32 Å². The first-order valence-electron chi connectivity index (χ1n) is 8.68. The Morgan fingerprint density at radius 3 is 2.04 bits per heavy atom. The number of benzene rings is 2. The summed E-state index contributed by atoms with van der Waals surface area (Å²) >= 11 is 0. The van der Waals surface area contributed by atoms with Gasteiger partial charge in [-0.1, -0.05) is 60.7 Å². The molecule has 1 aliphatic carbocycles. The number of carbonyl (C=O) groups excluding carboxylic acids is 1. The van der Waals surface area contributed by atoms with Crippen LogP contribution in [0.4, 0.5) is 5.82 Å². The Labute approximate surface area is 147 Å². The first kappa shape index (κ1) is 15.6. The third-order valence-corrected chi connectivity index (χ3v) is 4.57. The summed E-state index contributed by atoms with van der Waals surface area (Å²) in [5.74, 6) is 1.05. The van der Waals surface area contributed by atoms with E-state index >= 15 is 0 Å². The molecule has 3 aromatic rings. The van der Waals surface area contributed by atoms with Crippen molar-refractivity contribution in [2.75, 3.05) is 5.32 Å². The zero-order chi connectivity index (χ0) is 17.1. The summed E-state index contributed by atoms with van der Waals surface area (Å²) in [6, 6.07) is 24.2. The molecule has 4 rings (SSSR count). The Morgan fingerprint density at radius 1 is 0.880 bits per heavy atom. The second-order valence-corrected chi connectivity index (χ2v) is 6.44. The van der Waals surface area contributed by atoms with Crippen molar-refractivity contribution in [2.45, 2.75) is 18.9 Å². The number of ketones is 1. The molecule has 0 amide bonds. The zero-order valence-corrected chi connectivity index (χ0v) is 13.9. The topological polar surface area (TPSA) is 42.0 Å². The number of carbonyl (C=O) groups is 1. The van der Waals surface area contributed by atoms with Crippen LogP contribution in [0.5, 0.6) is 0 Å². The van der Waals surface area contributed by atoms with Crippen molar-refractivity contribution < 1.29 is 4.79 Å². The van der Waals surface area contributed by atoms with Gasteiger partial charge in [0.25, 0.3) is 0 Å².